The summed E-state index contributed by atoms with van der Waals surface area (Å²) in [6.07, 6.45) is 0.583. The lowest BCUT2D eigenvalue weighted by Gasteiger charge is -2.41. The van der Waals surface area contributed by atoms with Gasteiger partial charge in [0.1, 0.15) is 5.60 Å². The first-order chi connectivity index (χ1) is 11.2. The molecule has 1 fully saturated rings. The molecular formula is C17H25N3O4. The molecule has 7 heteroatoms. The van der Waals surface area contributed by atoms with Crippen LogP contribution in [0.5, 0.6) is 0 Å². The molecule has 3 N–H and O–H groups in total. The minimum Gasteiger partial charge on any atom is -0.465 e. The predicted octanol–water partition coefficient (Wildman–Crippen LogP) is 2.48. The molecule has 0 aliphatic carbocycles. The summed E-state index contributed by atoms with van der Waals surface area (Å²) in [6.45, 7) is 6.75. The van der Waals surface area contributed by atoms with Gasteiger partial charge >= 0.3 is 12.1 Å². The molecule has 0 spiro atoms. The normalized spacial score (nSPS) is 17.0. The number of benzene rings is 1. The van der Waals surface area contributed by atoms with Crippen LogP contribution in [-0.4, -0.2) is 48.8 Å². The maximum absolute atomic E-state index is 12.1. The highest BCUT2D eigenvalue weighted by Crippen LogP contribution is 2.24. The molecule has 0 radical (unpaired) electrons. The van der Waals surface area contributed by atoms with E-state index < -0.39 is 11.6 Å². The maximum atomic E-state index is 12.1. The molecule has 0 aromatic heterocycles. The number of anilines is 2. The average Bonchev–Trinajstić information content (AvgIpc) is 2.45. The number of nitrogens with one attached hydrogen (secondary N) is 1. The second-order valence-corrected chi connectivity index (χ2v) is 6.79. The Morgan fingerprint density at radius 2 is 2.08 bits per heavy atom. The lowest BCUT2D eigenvalue weighted by Crippen LogP contribution is -2.55. The summed E-state index contributed by atoms with van der Waals surface area (Å²) in [5, 5.41) is 3.20. The lowest BCUT2D eigenvalue weighted by molar-refractivity contribution is -0.00275. The topological polar surface area (TPSA) is 93.9 Å². The van der Waals surface area contributed by atoms with Gasteiger partial charge < -0.3 is 25.4 Å². The standard InChI is InChI=1S/C17H25N3O4/c1-17(2,3)24-16(22)20-8-7-12(20)10-19-14-9-11(15(21)23-4)5-6-13(14)18/h5-6,9,12,19H,7-8,10,18H2,1-4H3/t12-/m1/s1. The van der Waals surface area contributed by atoms with Crippen molar-refractivity contribution < 1.29 is 19.1 Å². The molecule has 1 aliphatic rings. The largest absolute Gasteiger partial charge is 0.465 e. The molecule has 1 amide bonds. The number of likely N-dealkylation sites (tertiary alicyclic amines) is 1. The monoisotopic (exact) mass is 335 g/mol. The van der Waals surface area contributed by atoms with Crippen LogP contribution < -0.4 is 11.1 Å². The van der Waals surface area contributed by atoms with E-state index >= 15 is 0 Å². The number of nitrogens with two attached hydrogens (primary N) is 1. The van der Waals surface area contributed by atoms with Crippen LogP contribution in [0.3, 0.4) is 0 Å². The molecule has 1 aromatic carbocycles. The fourth-order valence-electron chi connectivity index (χ4n) is 2.40. The zero-order chi connectivity index (χ0) is 17.9. The molecule has 0 saturated carbocycles. The van der Waals surface area contributed by atoms with E-state index in [2.05, 4.69) is 5.32 Å². The van der Waals surface area contributed by atoms with Gasteiger partial charge in [-0.2, -0.15) is 0 Å². The van der Waals surface area contributed by atoms with Gasteiger partial charge in [0.15, 0.2) is 0 Å². The molecule has 132 valence electrons. The van der Waals surface area contributed by atoms with Crippen LogP contribution in [0.25, 0.3) is 0 Å². The predicted molar refractivity (Wildman–Crippen MR) is 92.0 cm³/mol. The van der Waals surface area contributed by atoms with E-state index in [4.69, 9.17) is 15.2 Å². The summed E-state index contributed by atoms with van der Waals surface area (Å²) in [7, 11) is 1.33. The molecule has 7 nitrogen and oxygen atoms in total. The maximum Gasteiger partial charge on any atom is 0.410 e. The Morgan fingerprint density at radius 3 is 2.62 bits per heavy atom. The van der Waals surface area contributed by atoms with Crippen molar-refractivity contribution in [2.75, 3.05) is 31.2 Å². The minimum absolute atomic E-state index is 0.0426. The Bertz CT molecular complexity index is 625. The van der Waals surface area contributed by atoms with Crippen molar-refractivity contribution in [3.63, 3.8) is 0 Å². The summed E-state index contributed by atoms with van der Waals surface area (Å²) >= 11 is 0. The number of nitrogens with zero attached hydrogens (tertiary/aromatic N) is 1. The third-order valence-corrected chi connectivity index (χ3v) is 3.77. The Morgan fingerprint density at radius 1 is 1.38 bits per heavy atom. The third-order valence-electron chi connectivity index (χ3n) is 3.77. The Labute approximate surface area is 142 Å². The van der Waals surface area contributed by atoms with Gasteiger partial charge in [0.05, 0.1) is 30.1 Å². The number of methoxy groups -OCH3 is 1. The van der Waals surface area contributed by atoms with E-state index in [1.807, 2.05) is 20.8 Å². The number of carbonyl (C=O) groups excluding carboxylic acids is 2. The smallest absolute Gasteiger partial charge is 0.410 e. The fraction of sp³-hybridized carbons (Fsp3) is 0.529. The van der Waals surface area contributed by atoms with Gasteiger partial charge in [-0.3, -0.25) is 0 Å². The number of ether oxygens (including phenoxy) is 2. The van der Waals surface area contributed by atoms with Crippen molar-refractivity contribution in [1.82, 2.24) is 4.90 Å². The van der Waals surface area contributed by atoms with E-state index in [0.717, 1.165) is 6.42 Å². The molecule has 1 heterocycles. The summed E-state index contributed by atoms with van der Waals surface area (Å²) in [5.41, 5.74) is 7.03. The van der Waals surface area contributed by atoms with Crippen LogP contribution in [0.2, 0.25) is 0 Å². The highest BCUT2D eigenvalue weighted by Gasteiger charge is 2.35. The van der Waals surface area contributed by atoms with Gasteiger partial charge in [0.2, 0.25) is 0 Å². The van der Waals surface area contributed by atoms with E-state index in [-0.39, 0.29) is 12.1 Å². The number of rotatable bonds is 4. The number of hydrogen-bond acceptors (Lipinski definition) is 6. The highest BCUT2D eigenvalue weighted by atomic mass is 16.6. The number of carbonyl (C=O) groups is 2. The van der Waals surface area contributed by atoms with E-state index in [0.29, 0.717) is 30.0 Å². The SMILES string of the molecule is COC(=O)c1ccc(N)c(NC[C@H]2CCN2C(=O)OC(C)(C)C)c1. The van der Waals surface area contributed by atoms with Crippen molar-refractivity contribution in [3.05, 3.63) is 23.8 Å². The van der Waals surface area contributed by atoms with Gasteiger partial charge in [-0.1, -0.05) is 0 Å². The highest BCUT2D eigenvalue weighted by molar-refractivity contribution is 5.91. The fourth-order valence-corrected chi connectivity index (χ4v) is 2.40. The van der Waals surface area contributed by atoms with Crippen molar-refractivity contribution in [1.29, 1.82) is 0 Å². The van der Waals surface area contributed by atoms with Crippen molar-refractivity contribution in [2.45, 2.75) is 38.8 Å². The van der Waals surface area contributed by atoms with Gasteiger partial charge in [0, 0.05) is 13.1 Å². The second kappa shape index (κ2) is 6.98. The van der Waals surface area contributed by atoms with Crippen LogP contribution in [0, 0.1) is 0 Å². The first kappa shape index (κ1) is 17.9. The van der Waals surface area contributed by atoms with Crippen molar-refractivity contribution in [2.24, 2.45) is 0 Å². The molecule has 0 bridgehead atoms. The molecule has 24 heavy (non-hydrogen) atoms. The van der Waals surface area contributed by atoms with Gasteiger partial charge in [0.25, 0.3) is 0 Å². The van der Waals surface area contributed by atoms with Crippen LogP contribution in [0.4, 0.5) is 16.2 Å². The van der Waals surface area contributed by atoms with Gasteiger partial charge in [-0.05, 0) is 45.4 Å². The number of hydrogen-bond donors (Lipinski definition) is 2. The van der Waals surface area contributed by atoms with E-state index in [1.165, 1.54) is 7.11 Å². The van der Waals surface area contributed by atoms with Gasteiger partial charge in [-0.15, -0.1) is 0 Å². The zero-order valence-corrected chi connectivity index (χ0v) is 14.6. The summed E-state index contributed by atoms with van der Waals surface area (Å²) in [5.74, 6) is -0.419. The van der Waals surface area contributed by atoms with Crippen LogP contribution >= 0.6 is 0 Å². The molecule has 0 unspecified atom stereocenters. The molecule has 1 aromatic rings. The summed E-state index contributed by atoms with van der Waals surface area (Å²) in [4.78, 5) is 25.4. The second-order valence-electron chi connectivity index (χ2n) is 6.79. The Hall–Kier alpha value is -2.44. The Kier molecular flexibility index (Phi) is 5.21. The van der Waals surface area contributed by atoms with Crippen molar-refractivity contribution >= 4 is 23.4 Å². The van der Waals surface area contributed by atoms with Gasteiger partial charge in [-0.25, -0.2) is 9.59 Å². The number of amides is 1. The van der Waals surface area contributed by atoms with Crippen LogP contribution in [-0.2, 0) is 9.47 Å². The molecular weight excluding hydrogens is 310 g/mol. The molecule has 1 saturated heterocycles. The minimum atomic E-state index is -0.510. The van der Waals surface area contributed by atoms with Crippen molar-refractivity contribution in [3.8, 4) is 0 Å². The quantitative estimate of drug-likeness (QED) is 0.648. The van der Waals surface area contributed by atoms with Crippen LogP contribution in [0.15, 0.2) is 18.2 Å². The first-order valence-electron chi connectivity index (χ1n) is 7.92. The zero-order valence-electron chi connectivity index (χ0n) is 14.6. The Balaban J connectivity index is 1.96. The molecule has 2 rings (SSSR count). The molecule has 1 atom stereocenters. The summed E-state index contributed by atoms with van der Waals surface area (Å²) < 4.78 is 10.1. The van der Waals surface area contributed by atoms with E-state index in [9.17, 15) is 9.59 Å². The number of esters is 1. The third kappa shape index (κ3) is 4.31. The number of nitrogen functional groups attached to an aromatic ring is 1. The summed E-state index contributed by atoms with van der Waals surface area (Å²) in [6, 6.07) is 4.96. The first-order valence-corrected chi connectivity index (χ1v) is 7.92. The lowest BCUT2D eigenvalue weighted by atomic mass is 10.0. The van der Waals surface area contributed by atoms with E-state index in [1.54, 1.807) is 23.1 Å². The molecule has 1 aliphatic heterocycles. The van der Waals surface area contributed by atoms with Crippen LogP contribution in [0.1, 0.15) is 37.6 Å². The average molecular weight is 335 g/mol.